The number of amides is 2. The Morgan fingerprint density at radius 2 is 1.89 bits per heavy atom. The van der Waals surface area contributed by atoms with Crippen LogP contribution in [0, 0.1) is 5.41 Å². The van der Waals surface area contributed by atoms with Gasteiger partial charge in [0.25, 0.3) is 5.91 Å². The smallest absolute Gasteiger partial charge is 0.408 e. The number of nitrogens with zero attached hydrogens (tertiary/aromatic N) is 5. The third kappa shape index (κ3) is 8.32. The maximum Gasteiger partial charge on any atom is 0.408 e. The minimum atomic E-state index is -4.56. The molecule has 0 bridgehead atoms. The lowest BCUT2D eigenvalue weighted by Gasteiger charge is -2.41. The average molecular weight is 788 g/mol. The van der Waals surface area contributed by atoms with Crippen molar-refractivity contribution in [2.24, 2.45) is 5.41 Å². The molecule has 2 aliphatic rings. The van der Waals surface area contributed by atoms with Crippen molar-refractivity contribution in [3.8, 4) is 21.8 Å². The summed E-state index contributed by atoms with van der Waals surface area (Å²) in [7, 11) is 1.51. The summed E-state index contributed by atoms with van der Waals surface area (Å²) >= 11 is 1.01. The highest BCUT2D eigenvalue weighted by Crippen LogP contribution is 2.57. The number of rotatable bonds is 10. The number of aliphatic carboxylic acids is 1. The number of aliphatic hydroxyl groups is 1. The molecular formula is C37H44F3N7O7S. The second-order valence-corrected chi connectivity index (χ2v) is 16.2. The van der Waals surface area contributed by atoms with Crippen LogP contribution < -0.4 is 10.7 Å². The van der Waals surface area contributed by atoms with Gasteiger partial charge in [-0.15, -0.1) is 0 Å². The Hall–Kier alpha value is -4.65. The van der Waals surface area contributed by atoms with Crippen LogP contribution in [0.5, 0.6) is 0 Å². The standard InChI is InChI=1S/C37H44F3N7O7S/c1-35(2,3)54-34(52)42-23(32(49)47-14-8-10-22(44-47)33(50)51)16-25-43-31(55-45-25)19-11-12-24-21(15-19)26-27(36(4,5)18-48)30(53-6)28-20(9-7-13-41-28)29(26)46(24)17-37(38,39)40/h7,9,11-13,15,22-23,27,30,44,48H,8,10,14,16-18H2,1-6H3,(H,42,52)(H,50,51)/t22-,23-,27?,30-/m0/s1. The van der Waals surface area contributed by atoms with Crippen molar-refractivity contribution >= 4 is 40.4 Å². The van der Waals surface area contributed by atoms with Crippen LogP contribution in [0.1, 0.15) is 76.6 Å². The number of carboxylic acids is 1. The molecule has 296 valence electrons. The van der Waals surface area contributed by atoms with Crippen molar-refractivity contribution < 1.29 is 47.2 Å². The van der Waals surface area contributed by atoms with E-state index in [2.05, 4.69) is 25.1 Å². The highest BCUT2D eigenvalue weighted by atomic mass is 32.1. The van der Waals surface area contributed by atoms with Crippen molar-refractivity contribution in [2.45, 2.75) is 96.3 Å². The molecule has 3 aromatic heterocycles. The van der Waals surface area contributed by atoms with Crippen LogP contribution in [0.4, 0.5) is 18.0 Å². The molecule has 2 amide bonds. The number of aliphatic hydroxyl groups excluding tert-OH is 1. The predicted octanol–water partition coefficient (Wildman–Crippen LogP) is 5.60. The Morgan fingerprint density at radius 3 is 2.55 bits per heavy atom. The number of fused-ring (bicyclic) bond motifs is 5. The third-order valence-electron chi connectivity index (χ3n) is 9.76. The van der Waals surface area contributed by atoms with Crippen LogP contribution >= 0.6 is 11.5 Å². The van der Waals surface area contributed by atoms with Gasteiger partial charge in [-0.25, -0.2) is 15.2 Å². The first-order chi connectivity index (χ1) is 25.8. The lowest BCUT2D eigenvalue weighted by atomic mass is 9.67. The first-order valence-electron chi connectivity index (χ1n) is 17.8. The molecule has 4 heterocycles. The van der Waals surface area contributed by atoms with Gasteiger partial charge in [-0.3, -0.25) is 19.6 Å². The normalized spacial score (nSPS) is 19.5. The predicted molar refractivity (Wildman–Crippen MR) is 196 cm³/mol. The number of ether oxygens (including phenoxy) is 2. The van der Waals surface area contributed by atoms with Crippen molar-refractivity contribution in [1.29, 1.82) is 0 Å². The van der Waals surface area contributed by atoms with E-state index < -0.39 is 65.8 Å². The summed E-state index contributed by atoms with van der Waals surface area (Å²) < 4.78 is 59.9. The van der Waals surface area contributed by atoms with Gasteiger partial charge in [-0.1, -0.05) is 13.8 Å². The summed E-state index contributed by atoms with van der Waals surface area (Å²) in [6.07, 6.45) is -3.96. The number of hydrogen-bond acceptors (Lipinski definition) is 11. The first-order valence-corrected chi connectivity index (χ1v) is 18.5. The van der Waals surface area contributed by atoms with Crippen molar-refractivity contribution in [3.05, 3.63) is 53.6 Å². The monoisotopic (exact) mass is 787 g/mol. The van der Waals surface area contributed by atoms with E-state index in [1.807, 2.05) is 13.8 Å². The number of nitrogens with one attached hydrogen (secondary N) is 2. The average Bonchev–Trinajstić information content (AvgIpc) is 3.71. The molecule has 1 aromatic carbocycles. The fourth-order valence-electron chi connectivity index (χ4n) is 7.36. The second-order valence-electron chi connectivity index (χ2n) is 15.5. The number of halogens is 3. The first kappa shape index (κ1) is 40.0. The van der Waals surface area contributed by atoms with Crippen LogP contribution in [0.2, 0.25) is 0 Å². The molecule has 0 radical (unpaired) electrons. The molecule has 0 spiro atoms. The Labute approximate surface area is 319 Å². The molecule has 1 saturated heterocycles. The van der Waals surface area contributed by atoms with Crippen LogP contribution in [0.15, 0.2) is 36.5 Å². The number of carboxylic acid groups (broad SMARTS) is 1. The Kier molecular flexibility index (Phi) is 11.0. The van der Waals surface area contributed by atoms with E-state index in [4.69, 9.17) is 9.47 Å². The minimum absolute atomic E-state index is 0.170. The number of aromatic nitrogens is 4. The number of methoxy groups -OCH3 is 1. The highest BCUT2D eigenvalue weighted by Gasteiger charge is 2.47. The molecule has 1 unspecified atom stereocenters. The third-order valence-corrected chi connectivity index (χ3v) is 10.6. The molecule has 1 fully saturated rings. The summed E-state index contributed by atoms with van der Waals surface area (Å²) in [5.41, 5.74) is 3.76. The molecule has 1 aliphatic heterocycles. The minimum Gasteiger partial charge on any atom is -0.480 e. The Bertz CT molecular complexity index is 2090. The molecule has 14 nitrogen and oxygen atoms in total. The number of carbonyl (C=O) groups is 3. The van der Waals surface area contributed by atoms with E-state index in [-0.39, 0.29) is 25.4 Å². The van der Waals surface area contributed by atoms with Gasteiger partial charge in [0, 0.05) is 60.8 Å². The molecule has 4 aromatic rings. The van der Waals surface area contributed by atoms with Crippen molar-refractivity contribution in [1.82, 2.24) is 34.7 Å². The number of alkyl carbamates (subject to hydrolysis) is 1. The summed E-state index contributed by atoms with van der Waals surface area (Å²) in [4.78, 5) is 47.5. The fourth-order valence-corrected chi connectivity index (χ4v) is 8.05. The van der Waals surface area contributed by atoms with Gasteiger partial charge in [0.15, 0.2) is 0 Å². The van der Waals surface area contributed by atoms with E-state index in [1.54, 1.807) is 57.3 Å². The molecule has 0 saturated carbocycles. The van der Waals surface area contributed by atoms with Gasteiger partial charge in [0.2, 0.25) is 0 Å². The summed E-state index contributed by atoms with van der Waals surface area (Å²) in [5, 5.41) is 24.8. The van der Waals surface area contributed by atoms with Gasteiger partial charge < -0.3 is 29.6 Å². The van der Waals surface area contributed by atoms with Crippen LogP contribution in [0.25, 0.3) is 32.7 Å². The topological polar surface area (TPSA) is 181 Å². The van der Waals surface area contributed by atoms with Crippen molar-refractivity contribution in [2.75, 3.05) is 20.3 Å². The van der Waals surface area contributed by atoms with E-state index in [0.29, 0.717) is 56.8 Å². The molecular weight excluding hydrogens is 744 g/mol. The largest absolute Gasteiger partial charge is 0.480 e. The maximum atomic E-state index is 14.3. The zero-order valence-corrected chi connectivity index (χ0v) is 32.0. The SMILES string of the molecule is CO[C@@H]1c2ncccc2-c2c(c3cc(-c4nc(C[C@H](NC(=O)OC(C)(C)C)C(=O)N5CCC[C@@H](C(=O)O)N5)ns4)ccc3n2CC(F)(F)F)C1C(C)(C)CO. The van der Waals surface area contributed by atoms with Gasteiger partial charge in [0.05, 0.1) is 11.4 Å². The highest BCUT2D eigenvalue weighted by molar-refractivity contribution is 7.09. The van der Waals surface area contributed by atoms with E-state index in [0.717, 1.165) is 11.5 Å². The Balaban J connectivity index is 1.42. The number of hydrogen-bond donors (Lipinski definition) is 4. The fraction of sp³-hybridized carbons (Fsp3) is 0.514. The molecule has 18 heteroatoms. The van der Waals surface area contributed by atoms with E-state index in [9.17, 15) is 37.8 Å². The molecule has 1 aliphatic carbocycles. The van der Waals surface area contributed by atoms with Gasteiger partial charge in [0.1, 0.15) is 41.2 Å². The van der Waals surface area contributed by atoms with Gasteiger partial charge >= 0.3 is 18.2 Å². The van der Waals surface area contributed by atoms with Gasteiger partial charge in [-0.2, -0.15) is 17.5 Å². The molecule has 55 heavy (non-hydrogen) atoms. The molecule has 6 rings (SSSR count). The van der Waals surface area contributed by atoms with Crippen LogP contribution in [0.3, 0.4) is 0 Å². The Morgan fingerprint density at radius 1 is 1.15 bits per heavy atom. The van der Waals surface area contributed by atoms with E-state index >= 15 is 0 Å². The molecule has 4 atom stereocenters. The number of hydrazine groups is 1. The zero-order valence-electron chi connectivity index (χ0n) is 31.2. The number of benzene rings is 1. The number of alkyl halides is 3. The zero-order chi connectivity index (χ0) is 40.0. The maximum absolute atomic E-state index is 14.3. The summed E-state index contributed by atoms with van der Waals surface area (Å²) in [5.74, 6) is -2.13. The van der Waals surface area contributed by atoms with Crippen molar-refractivity contribution in [3.63, 3.8) is 0 Å². The summed E-state index contributed by atoms with van der Waals surface area (Å²) in [6.45, 7) is 7.34. The second kappa shape index (κ2) is 15.1. The lowest BCUT2D eigenvalue weighted by Crippen LogP contribution is -2.60. The van der Waals surface area contributed by atoms with Crippen LogP contribution in [-0.4, -0.2) is 96.2 Å². The summed E-state index contributed by atoms with van der Waals surface area (Å²) in [6, 6.07) is 6.19. The van der Waals surface area contributed by atoms with Crippen LogP contribution in [-0.2, 0) is 32.0 Å². The van der Waals surface area contributed by atoms with Gasteiger partial charge in [-0.05, 0) is 86.5 Å². The quantitative estimate of drug-likeness (QED) is 0.157. The number of carbonyl (C=O) groups excluding carboxylic acids is 2. The lowest BCUT2D eigenvalue weighted by molar-refractivity contribution is -0.148. The van der Waals surface area contributed by atoms with E-state index in [1.165, 1.54) is 16.7 Å². The number of pyridine rings is 1. The molecule has 4 N–H and O–H groups in total.